The summed E-state index contributed by atoms with van der Waals surface area (Å²) in [7, 11) is 0. The van der Waals surface area contributed by atoms with Crippen molar-refractivity contribution in [3.63, 3.8) is 0 Å². The molecular weight excluding hydrogens is 273 g/mol. The normalized spacial score (nSPS) is 10.1. The minimum atomic E-state index is -0.387. The summed E-state index contributed by atoms with van der Waals surface area (Å²) in [6.07, 6.45) is 0.178. The number of halogens is 1. The first-order chi connectivity index (χ1) is 10.1. The van der Waals surface area contributed by atoms with E-state index >= 15 is 0 Å². The molecule has 5 heteroatoms. The van der Waals surface area contributed by atoms with Crippen molar-refractivity contribution in [2.75, 3.05) is 13.2 Å². The first kappa shape index (κ1) is 14.8. The summed E-state index contributed by atoms with van der Waals surface area (Å²) < 4.78 is 23.8. The van der Waals surface area contributed by atoms with Crippen LogP contribution >= 0.6 is 0 Å². The highest BCUT2D eigenvalue weighted by Crippen LogP contribution is 2.14. The van der Waals surface area contributed by atoms with Gasteiger partial charge in [0.05, 0.1) is 6.42 Å². The van der Waals surface area contributed by atoms with Crippen molar-refractivity contribution in [3.05, 3.63) is 59.9 Å². The molecule has 0 bridgehead atoms. The zero-order chi connectivity index (χ0) is 15.1. The van der Waals surface area contributed by atoms with Crippen LogP contribution in [0.15, 0.2) is 48.5 Å². The molecule has 0 fully saturated rings. The van der Waals surface area contributed by atoms with E-state index in [-0.39, 0.29) is 18.1 Å². The van der Waals surface area contributed by atoms with Gasteiger partial charge in [0.2, 0.25) is 5.91 Å². The molecule has 0 unspecified atom stereocenters. The average molecular weight is 289 g/mol. The number of primary amides is 1. The molecule has 0 radical (unpaired) electrons. The third-order valence-corrected chi connectivity index (χ3v) is 2.69. The monoisotopic (exact) mass is 289 g/mol. The summed E-state index contributed by atoms with van der Waals surface area (Å²) >= 11 is 0. The minimum Gasteiger partial charge on any atom is -0.490 e. The third kappa shape index (κ3) is 5.14. The van der Waals surface area contributed by atoms with Crippen LogP contribution in [0.1, 0.15) is 5.56 Å². The fourth-order valence-corrected chi connectivity index (χ4v) is 1.82. The Labute approximate surface area is 122 Å². The number of carbonyl (C=O) groups is 1. The molecule has 0 spiro atoms. The molecule has 2 aromatic rings. The van der Waals surface area contributed by atoms with Crippen molar-refractivity contribution < 1.29 is 18.7 Å². The van der Waals surface area contributed by atoms with Gasteiger partial charge in [-0.1, -0.05) is 18.2 Å². The third-order valence-electron chi connectivity index (χ3n) is 2.69. The fraction of sp³-hybridized carbons (Fsp3) is 0.188. The predicted molar refractivity (Wildman–Crippen MR) is 76.7 cm³/mol. The fourth-order valence-electron chi connectivity index (χ4n) is 1.82. The molecule has 1 amide bonds. The standard InChI is InChI=1S/C16H16FNO3/c17-13-4-2-6-15(11-13)21-8-7-20-14-5-1-3-12(9-14)10-16(18)19/h1-6,9,11H,7-8,10H2,(H2,18,19). The van der Waals surface area contributed by atoms with E-state index in [1.807, 2.05) is 0 Å². The van der Waals surface area contributed by atoms with Gasteiger partial charge >= 0.3 is 0 Å². The SMILES string of the molecule is NC(=O)Cc1cccc(OCCOc2cccc(F)c2)c1. The lowest BCUT2D eigenvalue weighted by Crippen LogP contribution is -2.14. The van der Waals surface area contributed by atoms with Crippen LogP contribution < -0.4 is 15.2 Å². The van der Waals surface area contributed by atoms with E-state index in [1.165, 1.54) is 12.1 Å². The average Bonchev–Trinajstić information content (AvgIpc) is 2.43. The largest absolute Gasteiger partial charge is 0.490 e. The maximum absolute atomic E-state index is 12.9. The summed E-state index contributed by atoms with van der Waals surface area (Å²) in [5, 5.41) is 0. The van der Waals surface area contributed by atoms with Gasteiger partial charge in [0, 0.05) is 6.07 Å². The molecule has 110 valence electrons. The summed E-state index contributed by atoms with van der Waals surface area (Å²) in [6, 6.07) is 13.1. The van der Waals surface area contributed by atoms with Crippen molar-refractivity contribution in [3.8, 4) is 11.5 Å². The van der Waals surface area contributed by atoms with Crippen molar-refractivity contribution in [2.45, 2.75) is 6.42 Å². The lowest BCUT2D eigenvalue weighted by Gasteiger charge is -2.09. The second-order valence-corrected chi connectivity index (χ2v) is 4.44. The Kier molecular flexibility index (Phi) is 5.15. The molecule has 0 aliphatic rings. The number of benzene rings is 2. The van der Waals surface area contributed by atoms with Gasteiger partial charge in [0.1, 0.15) is 30.5 Å². The van der Waals surface area contributed by atoms with Crippen molar-refractivity contribution in [1.82, 2.24) is 0 Å². The second-order valence-electron chi connectivity index (χ2n) is 4.44. The topological polar surface area (TPSA) is 61.6 Å². The van der Waals surface area contributed by atoms with Crippen molar-refractivity contribution >= 4 is 5.91 Å². The van der Waals surface area contributed by atoms with E-state index in [4.69, 9.17) is 15.2 Å². The molecular formula is C16H16FNO3. The molecule has 0 atom stereocenters. The summed E-state index contributed by atoms with van der Waals surface area (Å²) in [5.41, 5.74) is 5.94. The lowest BCUT2D eigenvalue weighted by molar-refractivity contribution is -0.117. The van der Waals surface area contributed by atoms with E-state index in [0.29, 0.717) is 24.7 Å². The Bertz CT molecular complexity index is 616. The van der Waals surface area contributed by atoms with Crippen molar-refractivity contribution in [2.24, 2.45) is 5.73 Å². The highest BCUT2D eigenvalue weighted by atomic mass is 19.1. The highest BCUT2D eigenvalue weighted by molar-refractivity contribution is 5.76. The van der Waals surface area contributed by atoms with Gasteiger partial charge in [0.25, 0.3) is 0 Å². The number of hydrogen-bond acceptors (Lipinski definition) is 3. The first-order valence-corrected chi connectivity index (χ1v) is 6.52. The van der Waals surface area contributed by atoms with E-state index in [9.17, 15) is 9.18 Å². The van der Waals surface area contributed by atoms with Crippen LogP contribution in [0.25, 0.3) is 0 Å². The Balaban J connectivity index is 1.79. The summed E-state index contributed by atoms with van der Waals surface area (Å²) in [4.78, 5) is 10.9. The van der Waals surface area contributed by atoms with Crippen LogP contribution in [0.3, 0.4) is 0 Å². The first-order valence-electron chi connectivity index (χ1n) is 6.52. The molecule has 4 nitrogen and oxygen atoms in total. The van der Waals surface area contributed by atoms with Gasteiger partial charge in [-0.05, 0) is 29.8 Å². The molecule has 21 heavy (non-hydrogen) atoms. The van der Waals surface area contributed by atoms with Gasteiger partial charge in [-0.15, -0.1) is 0 Å². The molecule has 0 heterocycles. The Morgan fingerprint density at radius 3 is 2.24 bits per heavy atom. The van der Waals surface area contributed by atoms with Crippen LogP contribution in [-0.4, -0.2) is 19.1 Å². The Morgan fingerprint density at radius 2 is 1.62 bits per heavy atom. The van der Waals surface area contributed by atoms with Crippen LogP contribution in [0.2, 0.25) is 0 Å². The number of carbonyl (C=O) groups excluding carboxylic acids is 1. The van der Waals surface area contributed by atoms with Gasteiger partial charge < -0.3 is 15.2 Å². The smallest absolute Gasteiger partial charge is 0.221 e. The highest BCUT2D eigenvalue weighted by Gasteiger charge is 2.01. The van der Waals surface area contributed by atoms with Crippen LogP contribution in [0.5, 0.6) is 11.5 Å². The van der Waals surface area contributed by atoms with Gasteiger partial charge in [-0.2, -0.15) is 0 Å². The van der Waals surface area contributed by atoms with Gasteiger partial charge in [-0.3, -0.25) is 4.79 Å². The molecule has 0 aromatic heterocycles. The molecule has 0 saturated heterocycles. The number of ether oxygens (including phenoxy) is 2. The van der Waals surface area contributed by atoms with Crippen LogP contribution in [-0.2, 0) is 11.2 Å². The number of rotatable bonds is 7. The van der Waals surface area contributed by atoms with Crippen LogP contribution in [0, 0.1) is 5.82 Å². The summed E-state index contributed by atoms with van der Waals surface area (Å²) in [6.45, 7) is 0.611. The lowest BCUT2D eigenvalue weighted by atomic mass is 10.1. The maximum atomic E-state index is 12.9. The Hall–Kier alpha value is -2.56. The molecule has 0 aliphatic heterocycles. The second kappa shape index (κ2) is 7.28. The van der Waals surface area contributed by atoms with Gasteiger partial charge in [-0.25, -0.2) is 4.39 Å². The van der Waals surface area contributed by atoms with Crippen molar-refractivity contribution in [1.29, 1.82) is 0 Å². The van der Waals surface area contributed by atoms with E-state index in [0.717, 1.165) is 5.56 Å². The summed E-state index contributed by atoms with van der Waals surface area (Å²) in [5.74, 6) is 0.367. The zero-order valence-corrected chi connectivity index (χ0v) is 11.4. The zero-order valence-electron chi connectivity index (χ0n) is 11.4. The number of hydrogen-bond donors (Lipinski definition) is 1. The quantitative estimate of drug-likeness (QED) is 0.796. The Morgan fingerprint density at radius 1 is 1.00 bits per heavy atom. The number of amides is 1. The maximum Gasteiger partial charge on any atom is 0.221 e. The van der Waals surface area contributed by atoms with E-state index < -0.39 is 0 Å². The molecule has 0 aliphatic carbocycles. The molecule has 2 N–H and O–H groups in total. The van der Waals surface area contributed by atoms with E-state index in [2.05, 4.69) is 0 Å². The predicted octanol–water partition coefficient (Wildman–Crippen LogP) is 2.31. The molecule has 2 rings (SSSR count). The molecule has 0 saturated carbocycles. The molecule has 2 aromatic carbocycles. The van der Waals surface area contributed by atoms with Crippen LogP contribution in [0.4, 0.5) is 4.39 Å². The van der Waals surface area contributed by atoms with Gasteiger partial charge in [0.15, 0.2) is 0 Å². The number of nitrogens with two attached hydrogens (primary N) is 1. The minimum absolute atomic E-state index is 0.178. The van der Waals surface area contributed by atoms with E-state index in [1.54, 1.807) is 36.4 Å².